The number of amides is 1. The minimum atomic E-state index is -0.355. The van der Waals surface area contributed by atoms with Gasteiger partial charge in [0.15, 0.2) is 0 Å². The third-order valence-electron chi connectivity index (χ3n) is 4.05. The highest BCUT2D eigenvalue weighted by Crippen LogP contribution is 2.12. The molecule has 3 N–H and O–H groups in total. The van der Waals surface area contributed by atoms with E-state index in [1.807, 2.05) is 18.2 Å². The number of hydrogen-bond donors (Lipinski definition) is 2. The summed E-state index contributed by atoms with van der Waals surface area (Å²) < 4.78 is 0. The molecule has 1 aliphatic heterocycles. The van der Waals surface area contributed by atoms with Gasteiger partial charge in [0.2, 0.25) is 5.91 Å². The maximum atomic E-state index is 11.4. The van der Waals surface area contributed by atoms with E-state index < -0.39 is 0 Å². The van der Waals surface area contributed by atoms with Crippen LogP contribution in [0.3, 0.4) is 0 Å². The zero-order valence-corrected chi connectivity index (χ0v) is 12.3. The minimum absolute atomic E-state index is 0.355. The number of carbonyl (C=O) groups is 1. The standard InChI is InChI=1S/C16H25N3O/c1-13(19-9-5-2-6-10-19)11-18-12-14-7-3-4-8-15(14)16(17)20/h3-4,7-8,13,18H,2,5-6,9-12H2,1H3,(H2,17,20). The number of primary amides is 1. The highest BCUT2D eigenvalue weighted by Gasteiger charge is 2.16. The Hall–Kier alpha value is -1.39. The Balaban J connectivity index is 1.82. The van der Waals surface area contributed by atoms with Crippen LogP contribution in [-0.4, -0.2) is 36.5 Å². The third-order valence-corrected chi connectivity index (χ3v) is 4.05. The van der Waals surface area contributed by atoms with E-state index in [4.69, 9.17) is 5.73 Å². The quantitative estimate of drug-likeness (QED) is 0.831. The van der Waals surface area contributed by atoms with E-state index in [2.05, 4.69) is 17.1 Å². The lowest BCUT2D eigenvalue weighted by molar-refractivity contribution is 0.0999. The van der Waals surface area contributed by atoms with E-state index in [0.717, 1.165) is 12.1 Å². The molecule has 0 aliphatic carbocycles. The Morgan fingerprint density at radius 2 is 2.00 bits per heavy atom. The second-order valence-corrected chi connectivity index (χ2v) is 5.60. The van der Waals surface area contributed by atoms with Crippen LogP contribution in [0, 0.1) is 0 Å². The molecular weight excluding hydrogens is 250 g/mol. The molecule has 20 heavy (non-hydrogen) atoms. The average molecular weight is 275 g/mol. The van der Waals surface area contributed by atoms with Gasteiger partial charge in [0.1, 0.15) is 0 Å². The van der Waals surface area contributed by atoms with Gasteiger partial charge in [0, 0.05) is 24.7 Å². The zero-order chi connectivity index (χ0) is 14.4. The van der Waals surface area contributed by atoms with Crippen molar-refractivity contribution in [2.75, 3.05) is 19.6 Å². The highest BCUT2D eigenvalue weighted by atomic mass is 16.1. The van der Waals surface area contributed by atoms with Crippen molar-refractivity contribution in [3.8, 4) is 0 Å². The van der Waals surface area contributed by atoms with Crippen LogP contribution in [-0.2, 0) is 6.54 Å². The van der Waals surface area contributed by atoms with Gasteiger partial charge in [-0.25, -0.2) is 0 Å². The first-order valence-corrected chi connectivity index (χ1v) is 7.51. The smallest absolute Gasteiger partial charge is 0.249 e. The molecule has 4 nitrogen and oxygen atoms in total. The Labute approximate surface area is 121 Å². The van der Waals surface area contributed by atoms with Crippen molar-refractivity contribution < 1.29 is 4.79 Å². The number of benzene rings is 1. The lowest BCUT2D eigenvalue weighted by Crippen LogP contribution is -2.43. The summed E-state index contributed by atoms with van der Waals surface area (Å²) in [5.74, 6) is -0.355. The molecule has 0 saturated carbocycles. The number of likely N-dealkylation sites (tertiary alicyclic amines) is 1. The molecule has 0 spiro atoms. The molecule has 1 saturated heterocycles. The fraction of sp³-hybridized carbons (Fsp3) is 0.562. The first-order valence-electron chi connectivity index (χ1n) is 7.51. The van der Waals surface area contributed by atoms with Crippen LogP contribution in [0.1, 0.15) is 42.1 Å². The topological polar surface area (TPSA) is 58.4 Å². The molecule has 1 aromatic carbocycles. The molecule has 1 aromatic rings. The summed E-state index contributed by atoms with van der Waals surface area (Å²) in [6, 6.07) is 8.07. The number of carbonyl (C=O) groups excluding carboxylic acids is 1. The van der Waals surface area contributed by atoms with Crippen LogP contribution in [0.5, 0.6) is 0 Å². The Morgan fingerprint density at radius 1 is 1.30 bits per heavy atom. The summed E-state index contributed by atoms with van der Waals surface area (Å²) in [4.78, 5) is 13.9. The Kier molecular flexibility index (Phi) is 5.56. The van der Waals surface area contributed by atoms with E-state index in [9.17, 15) is 4.79 Å². The van der Waals surface area contributed by atoms with Gasteiger partial charge in [-0.3, -0.25) is 9.69 Å². The normalized spacial score (nSPS) is 17.9. The third kappa shape index (κ3) is 4.05. The summed E-state index contributed by atoms with van der Waals surface area (Å²) in [5, 5.41) is 3.44. The second-order valence-electron chi connectivity index (χ2n) is 5.60. The molecule has 1 aliphatic rings. The predicted octanol–water partition coefficient (Wildman–Crippen LogP) is 1.75. The fourth-order valence-electron chi connectivity index (χ4n) is 2.82. The van der Waals surface area contributed by atoms with E-state index in [-0.39, 0.29) is 5.91 Å². The average Bonchev–Trinajstić information content (AvgIpc) is 2.48. The molecule has 0 aromatic heterocycles. The molecular formula is C16H25N3O. The SMILES string of the molecule is CC(CNCc1ccccc1C(N)=O)N1CCCCC1. The molecule has 1 unspecified atom stereocenters. The summed E-state index contributed by atoms with van der Waals surface area (Å²) in [5.41, 5.74) is 6.98. The van der Waals surface area contributed by atoms with E-state index in [1.165, 1.54) is 32.4 Å². The molecule has 0 bridgehead atoms. The fourth-order valence-corrected chi connectivity index (χ4v) is 2.82. The van der Waals surface area contributed by atoms with E-state index >= 15 is 0 Å². The minimum Gasteiger partial charge on any atom is -0.366 e. The van der Waals surface area contributed by atoms with Crippen LogP contribution in [0.2, 0.25) is 0 Å². The van der Waals surface area contributed by atoms with E-state index in [0.29, 0.717) is 18.2 Å². The summed E-state index contributed by atoms with van der Waals surface area (Å²) in [6.45, 7) is 6.31. The van der Waals surface area contributed by atoms with Crippen molar-refractivity contribution in [2.45, 2.75) is 38.8 Å². The van der Waals surface area contributed by atoms with Crippen LogP contribution in [0.4, 0.5) is 0 Å². The molecule has 1 atom stereocenters. The molecule has 110 valence electrons. The second kappa shape index (κ2) is 7.41. The number of nitrogens with zero attached hydrogens (tertiary/aromatic N) is 1. The Bertz CT molecular complexity index is 441. The van der Waals surface area contributed by atoms with E-state index in [1.54, 1.807) is 6.07 Å². The number of piperidine rings is 1. The monoisotopic (exact) mass is 275 g/mol. The largest absolute Gasteiger partial charge is 0.366 e. The van der Waals surface area contributed by atoms with Gasteiger partial charge in [0.05, 0.1) is 0 Å². The van der Waals surface area contributed by atoms with Crippen LogP contribution in [0.25, 0.3) is 0 Å². The first-order chi connectivity index (χ1) is 9.68. The number of nitrogens with two attached hydrogens (primary N) is 1. The molecule has 4 heteroatoms. The number of hydrogen-bond acceptors (Lipinski definition) is 3. The predicted molar refractivity (Wildman–Crippen MR) is 81.6 cm³/mol. The molecule has 0 radical (unpaired) electrons. The van der Waals surface area contributed by atoms with Crippen molar-refractivity contribution in [3.05, 3.63) is 35.4 Å². The first kappa shape index (κ1) is 15.0. The van der Waals surface area contributed by atoms with Crippen molar-refractivity contribution in [1.29, 1.82) is 0 Å². The highest BCUT2D eigenvalue weighted by molar-refractivity contribution is 5.94. The number of nitrogens with one attached hydrogen (secondary N) is 1. The molecule has 2 rings (SSSR count). The molecule has 1 amide bonds. The Morgan fingerprint density at radius 3 is 2.70 bits per heavy atom. The van der Waals surface area contributed by atoms with Crippen LogP contribution >= 0.6 is 0 Å². The van der Waals surface area contributed by atoms with Crippen LogP contribution < -0.4 is 11.1 Å². The lowest BCUT2D eigenvalue weighted by Gasteiger charge is -2.32. The molecule has 1 fully saturated rings. The van der Waals surface area contributed by atoms with Crippen molar-refractivity contribution in [1.82, 2.24) is 10.2 Å². The van der Waals surface area contributed by atoms with Crippen molar-refractivity contribution in [2.24, 2.45) is 5.73 Å². The summed E-state index contributed by atoms with van der Waals surface area (Å²) >= 11 is 0. The van der Waals surface area contributed by atoms with Gasteiger partial charge in [-0.1, -0.05) is 24.6 Å². The van der Waals surface area contributed by atoms with Gasteiger partial charge in [-0.2, -0.15) is 0 Å². The van der Waals surface area contributed by atoms with Crippen molar-refractivity contribution >= 4 is 5.91 Å². The van der Waals surface area contributed by atoms with Gasteiger partial charge in [-0.15, -0.1) is 0 Å². The maximum Gasteiger partial charge on any atom is 0.249 e. The zero-order valence-electron chi connectivity index (χ0n) is 12.3. The summed E-state index contributed by atoms with van der Waals surface area (Å²) in [6.07, 6.45) is 3.99. The van der Waals surface area contributed by atoms with Crippen LogP contribution in [0.15, 0.2) is 24.3 Å². The van der Waals surface area contributed by atoms with Crippen molar-refractivity contribution in [3.63, 3.8) is 0 Å². The van der Waals surface area contributed by atoms with Gasteiger partial charge in [-0.05, 0) is 44.5 Å². The van der Waals surface area contributed by atoms with Gasteiger partial charge in [0.25, 0.3) is 0 Å². The number of rotatable bonds is 6. The van der Waals surface area contributed by atoms with Gasteiger partial charge < -0.3 is 11.1 Å². The maximum absolute atomic E-state index is 11.4. The molecule has 1 heterocycles. The lowest BCUT2D eigenvalue weighted by atomic mass is 10.1. The van der Waals surface area contributed by atoms with Gasteiger partial charge >= 0.3 is 0 Å². The summed E-state index contributed by atoms with van der Waals surface area (Å²) in [7, 11) is 0.